The molecule has 1 amide bonds. The minimum Gasteiger partial charge on any atom is -0.465 e. The summed E-state index contributed by atoms with van der Waals surface area (Å²) in [5.41, 5.74) is 0.464. The molecule has 0 radical (unpaired) electrons. The zero-order chi connectivity index (χ0) is 11.7. The minimum atomic E-state index is -0.910. The second-order valence-electron chi connectivity index (χ2n) is 6.32. The van der Waals surface area contributed by atoms with E-state index in [2.05, 4.69) is 33.0 Å². The second kappa shape index (κ2) is 4.03. The summed E-state index contributed by atoms with van der Waals surface area (Å²) in [5, 5.41) is 11.2. The molecule has 0 aromatic heterocycles. The third-order valence-electron chi connectivity index (χ3n) is 3.31. The van der Waals surface area contributed by atoms with Gasteiger partial charge in [0.2, 0.25) is 0 Å². The van der Waals surface area contributed by atoms with Crippen LogP contribution < -0.4 is 5.32 Å². The molecule has 0 aliphatic heterocycles. The van der Waals surface area contributed by atoms with Crippen molar-refractivity contribution < 1.29 is 9.90 Å². The van der Waals surface area contributed by atoms with Crippen LogP contribution in [-0.4, -0.2) is 17.7 Å². The molecule has 15 heavy (non-hydrogen) atoms. The lowest BCUT2D eigenvalue weighted by atomic mass is 9.61. The van der Waals surface area contributed by atoms with Crippen LogP contribution in [0, 0.1) is 16.7 Å². The van der Waals surface area contributed by atoms with E-state index in [1.165, 1.54) is 6.42 Å². The van der Waals surface area contributed by atoms with Gasteiger partial charge in [-0.1, -0.05) is 27.7 Å². The summed E-state index contributed by atoms with van der Waals surface area (Å²) in [6, 6.07) is 0. The summed E-state index contributed by atoms with van der Waals surface area (Å²) in [6.07, 6.45) is 2.56. The van der Waals surface area contributed by atoms with E-state index in [4.69, 9.17) is 5.11 Å². The van der Waals surface area contributed by atoms with Gasteiger partial charge in [0.1, 0.15) is 0 Å². The normalized spacial score (nSPS) is 34.8. The van der Waals surface area contributed by atoms with Crippen LogP contribution in [0.25, 0.3) is 0 Å². The molecule has 1 rings (SSSR count). The fourth-order valence-corrected chi connectivity index (χ4v) is 3.58. The van der Waals surface area contributed by atoms with Crippen molar-refractivity contribution in [2.45, 2.75) is 47.0 Å². The van der Waals surface area contributed by atoms with Gasteiger partial charge in [-0.05, 0) is 36.0 Å². The summed E-state index contributed by atoms with van der Waals surface area (Å²) >= 11 is 0. The van der Waals surface area contributed by atoms with Crippen molar-refractivity contribution >= 4 is 6.09 Å². The second-order valence-corrected chi connectivity index (χ2v) is 6.32. The number of hydrogen-bond acceptors (Lipinski definition) is 1. The van der Waals surface area contributed by atoms with Crippen LogP contribution in [0.5, 0.6) is 0 Å². The van der Waals surface area contributed by atoms with Crippen LogP contribution in [0.15, 0.2) is 0 Å². The SMILES string of the molecule is CC1CC(C)(C)CC(C)(CNC(=O)O)C1. The summed E-state index contributed by atoms with van der Waals surface area (Å²) < 4.78 is 0. The first kappa shape index (κ1) is 12.3. The number of hydrogen-bond donors (Lipinski definition) is 2. The molecular formula is C12H23NO2. The van der Waals surface area contributed by atoms with Gasteiger partial charge in [-0.3, -0.25) is 0 Å². The van der Waals surface area contributed by atoms with E-state index < -0.39 is 6.09 Å². The molecule has 1 saturated carbocycles. The molecule has 88 valence electrons. The van der Waals surface area contributed by atoms with Gasteiger partial charge in [0.25, 0.3) is 0 Å². The minimum absolute atomic E-state index is 0.125. The van der Waals surface area contributed by atoms with Crippen LogP contribution in [0.3, 0.4) is 0 Å². The standard InChI is InChI=1S/C12H23NO2/c1-9-5-11(2,3)7-12(4,6-9)8-13-10(14)15/h9,13H,5-8H2,1-4H3,(H,14,15). The Morgan fingerprint density at radius 1 is 1.40 bits per heavy atom. The molecule has 2 N–H and O–H groups in total. The Labute approximate surface area is 92.3 Å². The van der Waals surface area contributed by atoms with Gasteiger partial charge in [-0.25, -0.2) is 4.79 Å². The molecule has 2 atom stereocenters. The van der Waals surface area contributed by atoms with Gasteiger partial charge in [-0.2, -0.15) is 0 Å². The predicted molar refractivity (Wildman–Crippen MR) is 60.9 cm³/mol. The molecule has 2 unspecified atom stereocenters. The maximum absolute atomic E-state index is 10.5. The molecule has 0 bridgehead atoms. The fourth-order valence-electron chi connectivity index (χ4n) is 3.58. The average molecular weight is 213 g/mol. The highest BCUT2D eigenvalue weighted by Gasteiger charge is 2.39. The first-order valence-electron chi connectivity index (χ1n) is 5.69. The van der Waals surface area contributed by atoms with Crippen molar-refractivity contribution in [2.24, 2.45) is 16.7 Å². The summed E-state index contributed by atoms with van der Waals surface area (Å²) in [4.78, 5) is 10.5. The zero-order valence-electron chi connectivity index (χ0n) is 10.3. The summed E-state index contributed by atoms with van der Waals surface area (Å²) in [5.74, 6) is 0.689. The van der Waals surface area contributed by atoms with E-state index in [0.29, 0.717) is 17.9 Å². The first-order chi connectivity index (χ1) is 6.72. The van der Waals surface area contributed by atoms with E-state index >= 15 is 0 Å². The number of carboxylic acid groups (broad SMARTS) is 1. The first-order valence-corrected chi connectivity index (χ1v) is 5.69. The lowest BCUT2D eigenvalue weighted by molar-refractivity contribution is 0.0605. The molecule has 1 aliphatic carbocycles. The van der Waals surface area contributed by atoms with Crippen molar-refractivity contribution in [1.29, 1.82) is 0 Å². The van der Waals surface area contributed by atoms with E-state index in [9.17, 15) is 4.79 Å². The molecule has 0 aromatic carbocycles. The largest absolute Gasteiger partial charge is 0.465 e. The molecule has 1 fully saturated rings. The molecule has 3 nitrogen and oxygen atoms in total. The highest BCUT2D eigenvalue weighted by atomic mass is 16.4. The van der Waals surface area contributed by atoms with Gasteiger partial charge >= 0.3 is 6.09 Å². The van der Waals surface area contributed by atoms with Gasteiger partial charge in [-0.15, -0.1) is 0 Å². The summed E-state index contributed by atoms with van der Waals surface area (Å²) in [7, 11) is 0. The monoisotopic (exact) mass is 213 g/mol. The van der Waals surface area contributed by atoms with E-state index in [1.807, 2.05) is 0 Å². The Kier molecular flexibility index (Phi) is 3.31. The Morgan fingerprint density at radius 2 is 2.00 bits per heavy atom. The van der Waals surface area contributed by atoms with Gasteiger partial charge in [0.05, 0.1) is 0 Å². The molecule has 0 heterocycles. The Bertz CT molecular complexity index is 250. The average Bonchev–Trinajstić information content (AvgIpc) is 1.96. The van der Waals surface area contributed by atoms with Gasteiger partial charge < -0.3 is 10.4 Å². The number of amides is 1. The van der Waals surface area contributed by atoms with Crippen LogP contribution in [0.4, 0.5) is 4.79 Å². The highest BCUT2D eigenvalue weighted by Crippen LogP contribution is 2.48. The molecule has 1 aliphatic rings. The number of carbonyl (C=O) groups is 1. The van der Waals surface area contributed by atoms with Crippen molar-refractivity contribution in [1.82, 2.24) is 5.32 Å². The van der Waals surface area contributed by atoms with Crippen LogP contribution in [0.2, 0.25) is 0 Å². The lowest BCUT2D eigenvalue weighted by Gasteiger charge is -2.45. The van der Waals surface area contributed by atoms with Crippen molar-refractivity contribution in [3.8, 4) is 0 Å². The maximum Gasteiger partial charge on any atom is 0.404 e. The highest BCUT2D eigenvalue weighted by molar-refractivity contribution is 5.64. The Hall–Kier alpha value is -0.730. The van der Waals surface area contributed by atoms with Gasteiger partial charge in [0, 0.05) is 6.54 Å². The van der Waals surface area contributed by atoms with Gasteiger partial charge in [0.15, 0.2) is 0 Å². The molecule has 0 saturated heterocycles. The Balaban J connectivity index is 2.62. The molecule has 3 heteroatoms. The quantitative estimate of drug-likeness (QED) is 0.740. The fraction of sp³-hybridized carbons (Fsp3) is 0.917. The Morgan fingerprint density at radius 3 is 2.47 bits per heavy atom. The smallest absolute Gasteiger partial charge is 0.404 e. The van der Waals surface area contributed by atoms with Crippen LogP contribution in [0.1, 0.15) is 47.0 Å². The van der Waals surface area contributed by atoms with Crippen molar-refractivity contribution in [3.63, 3.8) is 0 Å². The molecule has 0 aromatic rings. The predicted octanol–water partition coefficient (Wildman–Crippen LogP) is 3.11. The zero-order valence-corrected chi connectivity index (χ0v) is 10.3. The van der Waals surface area contributed by atoms with Crippen molar-refractivity contribution in [3.05, 3.63) is 0 Å². The van der Waals surface area contributed by atoms with E-state index in [1.54, 1.807) is 0 Å². The molecular weight excluding hydrogens is 190 g/mol. The third kappa shape index (κ3) is 3.73. The van der Waals surface area contributed by atoms with Crippen molar-refractivity contribution in [2.75, 3.05) is 6.54 Å². The van der Waals surface area contributed by atoms with Crippen LogP contribution in [-0.2, 0) is 0 Å². The lowest BCUT2D eigenvalue weighted by Crippen LogP contribution is -2.42. The topological polar surface area (TPSA) is 49.3 Å². The van der Waals surface area contributed by atoms with E-state index in [-0.39, 0.29) is 5.41 Å². The van der Waals surface area contributed by atoms with E-state index in [0.717, 1.165) is 12.8 Å². The number of nitrogens with one attached hydrogen (secondary N) is 1. The molecule has 0 spiro atoms. The summed E-state index contributed by atoms with van der Waals surface area (Å²) in [6.45, 7) is 9.60. The maximum atomic E-state index is 10.5. The number of rotatable bonds is 2. The third-order valence-corrected chi connectivity index (χ3v) is 3.31. The van der Waals surface area contributed by atoms with Crippen LogP contribution >= 0.6 is 0 Å².